The second-order valence-electron chi connectivity index (χ2n) is 5.17. The topological polar surface area (TPSA) is 27.1 Å². The van der Waals surface area contributed by atoms with Gasteiger partial charge in [-0.1, -0.05) is 12.1 Å². The number of benzene rings is 1. The number of rotatable bonds is 3. The van der Waals surface area contributed by atoms with Gasteiger partial charge in [-0.25, -0.2) is 4.98 Å². The summed E-state index contributed by atoms with van der Waals surface area (Å²) < 4.78 is 8.07. The smallest absolute Gasteiger partial charge is 0.127 e. The van der Waals surface area contributed by atoms with Gasteiger partial charge in [-0.2, -0.15) is 0 Å². The number of hydrogen-bond donors (Lipinski definition) is 0. The third kappa shape index (κ3) is 2.63. The van der Waals surface area contributed by atoms with E-state index in [1.165, 1.54) is 12.8 Å². The fraction of sp³-hybridized carbons (Fsp3) is 0.533. The first-order valence-corrected chi connectivity index (χ1v) is 7.40. The molecular formula is C15H19ClN2O. The van der Waals surface area contributed by atoms with Crippen LogP contribution in [-0.2, 0) is 11.3 Å². The number of imidazole rings is 1. The highest BCUT2D eigenvalue weighted by Crippen LogP contribution is 2.26. The Labute approximate surface area is 118 Å². The molecule has 0 spiro atoms. The van der Waals surface area contributed by atoms with E-state index in [2.05, 4.69) is 15.6 Å². The summed E-state index contributed by atoms with van der Waals surface area (Å²) in [5, 5.41) is -0.0870. The van der Waals surface area contributed by atoms with E-state index >= 15 is 0 Å². The summed E-state index contributed by atoms with van der Waals surface area (Å²) in [5.74, 6) is 0.942. The van der Waals surface area contributed by atoms with Crippen molar-refractivity contribution in [3.8, 4) is 0 Å². The van der Waals surface area contributed by atoms with Crippen molar-refractivity contribution in [2.45, 2.75) is 44.2 Å². The van der Waals surface area contributed by atoms with Crippen LogP contribution in [0, 0.1) is 0 Å². The second kappa shape index (κ2) is 5.51. The maximum Gasteiger partial charge on any atom is 0.127 e. The molecule has 2 unspecified atom stereocenters. The Morgan fingerprint density at radius 1 is 1.42 bits per heavy atom. The summed E-state index contributed by atoms with van der Waals surface area (Å²) in [6.07, 6.45) is 3.85. The van der Waals surface area contributed by atoms with E-state index in [1.54, 1.807) is 0 Å². The van der Waals surface area contributed by atoms with E-state index in [0.717, 1.165) is 36.4 Å². The van der Waals surface area contributed by atoms with Crippen LogP contribution in [0.2, 0.25) is 0 Å². The molecular weight excluding hydrogens is 260 g/mol. The summed E-state index contributed by atoms with van der Waals surface area (Å²) in [5.41, 5.74) is 2.17. The molecule has 3 rings (SSSR count). The average molecular weight is 279 g/mol. The maximum atomic E-state index is 6.27. The summed E-state index contributed by atoms with van der Waals surface area (Å²) in [7, 11) is 0. The van der Waals surface area contributed by atoms with Crippen molar-refractivity contribution >= 4 is 22.6 Å². The van der Waals surface area contributed by atoms with E-state index in [1.807, 2.05) is 25.1 Å². The lowest BCUT2D eigenvalue weighted by Crippen LogP contribution is -2.25. The predicted octanol–water partition coefficient (Wildman–Crippen LogP) is 3.91. The number of fused-ring (bicyclic) bond motifs is 1. The molecule has 0 radical (unpaired) electrons. The molecule has 1 aliphatic rings. The van der Waals surface area contributed by atoms with Crippen LogP contribution in [0.15, 0.2) is 24.3 Å². The van der Waals surface area contributed by atoms with Gasteiger partial charge in [0.1, 0.15) is 5.82 Å². The van der Waals surface area contributed by atoms with Crippen molar-refractivity contribution in [3.05, 3.63) is 30.1 Å². The molecule has 1 aliphatic heterocycles. The van der Waals surface area contributed by atoms with Gasteiger partial charge < -0.3 is 9.30 Å². The Morgan fingerprint density at radius 2 is 2.26 bits per heavy atom. The molecule has 0 saturated carbocycles. The number of alkyl halides is 1. The quantitative estimate of drug-likeness (QED) is 0.796. The molecule has 0 amide bonds. The van der Waals surface area contributed by atoms with Crippen LogP contribution >= 0.6 is 11.6 Å². The summed E-state index contributed by atoms with van der Waals surface area (Å²) in [6, 6.07) is 8.20. The van der Waals surface area contributed by atoms with Gasteiger partial charge in [0.2, 0.25) is 0 Å². The fourth-order valence-electron chi connectivity index (χ4n) is 2.74. The zero-order valence-corrected chi connectivity index (χ0v) is 11.9. The number of nitrogens with zero attached hydrogens (tertiary/aromatic N) is 2. The molecule has 0 bridgehead atoms. The van der Waals surface area contributed by atoms with Gasteiger partial charge in [0, 0.05) is 6.61 Å². The summed E-state index contributed by atoms with van der Waals surface area (Å²) in [4.78, 5) is 4.65. The van der Waals surface area contributed by atoms with Crippen molar-refractivity contribution in [1.82, 2.24) is 9.55 Å². The average Bonchev–Trinajstić information content (AvgIpc) is 2.79. The van der Waals surface area contributed by atoms with Gasteiger partial charge >= 0.3 is 0 Å². The van der Waals surface area contributed by atoms with Gasteiger partial charge in [0.15, 0.2) is 0 Å². The summed E-state index contributed by atoms with van der Waals surface area (Å²) >= 11 is 6.27. The van der Waals surface area contributed by atoms with Crippen LogP contribution in [0.4, 0.5) is 0 Å². The van der Waals surface area contributed by atoms with E-state index < -0.39 is 0 Å². The number of para-hydroxylation sites is 2. The Balaban J connectivity index is 1.97. The van der Waals surface area contributed by atoms with Crippen LogP contribution in [0.3, 0.4) is 0 Å². The molecule has 4 heteroatoms. The molecule has 0 N–H and O–H groups in total. The summed E-state index contributed by atoms with van der Waals surface area (Å²) in [6.45, 7) is 3.71. The van der Waals surface area contributed by atoms with Crippen molar-refractivity contribution in [3.63, 3.8) is 0 Å². The maximum absolute atomic E-state index is 6.27. The molecule has 2 heterocycles. The number of aromatic nitrogens is 2. The highest BCUT2D eigenvalue weighted by atomic mass is 35.5. The highest BCUT2D eigenvalue weighted by Gasteiger charge is 2.20. The molecule has 1 aromatic heterocycles. The zero-order valence-electron chi connectivity index (χ0n) is 11.2. The van der Waals surface area contributed by atoms with Gasteiger partial charge in [0.05, 0.1) is 29.1 Å². The van der Waals surface area contributed by atoms with E-state index in [0.29, 0.717) is 6.10 Å². The molecule has 2 aromatic rings. The highest BCUT2D eigenvalue weighted by molar-refractivity contribution is 6.20. The Bertz CT molecular complexity index is 558. The molecule has 19 heavy (non-hydrogen) atoms. The van der Waals surface area contributed by atoms with Crippen LogP contribution in [0.1, 0.15) is 37.4 Å². The third-order valence-electron chi connectivity index (χ3n) is 3.70. The Morgan fingerprint density at radius 3 is 3.00 bits per heavy atom. The molecule has 1 saturated heterocycles. The number of hydrogen-bond acceptors (Lipinski definition) is 2. The van der Waals surface area contributed by atoms with Crippen LogP contribution in [0.25, 0.3) is 11.0 Å². The largest absolute Gasteiger partial charge is 0.376 e. The van der Waals surface area contributed by atoms with Crippen LogP contribution < -0.4 is 0 Å². The van der Waals surface area contributed by atoms with Crippen molar-refractivity contribution in [2.75, 3.05) is 6.61 Å². The lowest BCUT2D eigenvalue weighted by Gasteiger charge is -2.24. The molecule has 102 valence electrons. The number of halogens is 1. The SMILES string of the molecule is CC(Cl)c1nc2ccccc2n1CC1CCCCO1. The molecule has 1 aromatic carbocycles. The minimum Gasteiger partial charge on any atom is -0.376 e. The normalized spacial score (nSPS) is 21.7. The van der Waals surface area contributed by atoms with Gasteiger partial charge in [-0.15, -0.1) is 11.6 Å². The molecule has 2 atom stereocenters. The minimum atomic E-state index is -0.0870. The molecule has 3 nitrogen and oxygen atoms in total. The van der Waals surface area contributed by atoms with Gasteiger partial charge in [-0.3, -0.25) is 0 Å². The van der Waals surface area contributed by atoms with Crippen molar-refractivity contribution in [1.29, 1.82) is 0 Å². The Kier molecular flexibility index (Phi) is 3.76. The van der Waals surface area contributed by atoms with E-state index in [9.17, 15) is 0 Å². The van der Waals surface area contributed by atoms with E-state index in [-0.39, 0.29) is 5.38 Å². The van der Waals surface area contributed by atoms with Gasteiger partial charge in [-0.05, 0) is 38.3 Å². The van der Waals surface area contributed by atoms with Crippen LogP contribution in [0.5, 0.6) is 0 Å². The third-order valence-corrected chi connectivity index (χ3v) is 3.90. The Hall–Kier alpha value is -1.06. The molecule has 0 aliphatic carbocycles. The first-order valence-electron chi connectivity index (χ1n) is 6.96. The lowest BCUT2D eigenvalue weighted by atomic mass is 10.1. The van der Waals surface area contributed by atoms with Crippen molar-refractivity contribution in [2.24, 2.45) is 0 Å². The van der Waals surface area contributed by atoms with Crippen LogP contribution in [-0.4, -0.2) is 22.3 Å². The lowest BCUT2D eigenvalue weighted by molar-refractivity contribution is 0.00619. The monoisotopic (exact) mass is 278 g/mol. The number of ether oxygens (including phenoxy) is 1. The standard InChI is InChI=1S/C15H19ClN2O/c1-11(16)15-17-13-7-2-3-8-14(13)18(15)10-12-6-4-5-9-19-12/h2-3,7-8,11-12H,4-6,9-10H2,1H3. The predicted molar refractivity (Wildman–Crippen MR) is 77.6 cm³/mol. The molecule has 1 fully saturated rings. The van der Waals surface area contributed by atoms with Gasteiger partial charge in [0.25, 0.3) is 0 Å². The van der Waals surface area contributed by atoms with Crippen molar-refractivity contribution < 1.29 is 4.74 Å². The minimum absolute atomic E-state index is 0.0870. The van der Waals surface area contributed by atoms with E-state index in [4.69, 9.17) is 16.3 Å². The first kappa shape index (κ1) is 12.9. The first-order chi connectivity index (χ1) is 9.25. The fourth-order valence-corrected chi connectivity index (χ4v) is 2.91. The second-order valence-corrected chi connectivity index (χ2v) is 5.83. The zero-order chi connectivity index (χ0) is 13.2.